The lowest BCUT2D eigenvalue weighted by atomic mass is 9.69. The van der Waals surface area contributed by atoms with Gasteiger partial charge in [-0.1, -0.05) is 54.6 Å². The fraction of sp³-hybridized carbons (Fsp3) is 0.414. The van der Waals surface area contributed by atoms with E-state index in [1.165, 1.54) is 12.1 Å². The van der Waals surface area contributed by atoms with Crippen LogP contribution < -0.4 is 4.74 Å². The van der Waals surface area contributed by atoms with Crippen LogP contribution in [0.5, 0.6) is 5.75 Å². The van der Waals surface area contributed by atoms with E-state index in [-0.39, 0.29) is 42.2 Å². The molecule has 186 valence electrons. The fourth-order valence-corrected chi connectivity index (χ4v) is 5.45. The van der Waals surface area contributed by atoms with Crippen molar-refractivity contribution in [1.29, 1.82) is 0 Å². The second kappa shape index (κ2) is 11.6. The molecule has 1 saturated carbocycles. The zero-order chi connectivity index (χ0) is 24.7. The number of allylic oxidation sites excluding steroid dienone is 2. The molecule has 1 aliphatic carbocycles. The maximum absolute atomic E-state index is 13.6. The number of rotatable bonds is 12. The molecule has 4 rings (SSSR count). The van der Waals surface area contributed by atoms with E-state index in [2.05, 4.69) is 18.2 Å². The molecule has 6 heteroatoms. The number of carboxylic acids is 1. The number of carboxylic acid groups (broad SMARTS) is 1. The van der Waals surface area contributed by atoms with Crippen molar-refractivity contribution in [3.8, 4) is 5.75 Å². The van der Waals surface area contributed by atoms with Crippen LogP contribution in [0.1, 0.15) is 37.7 Å². The molecular formula is C29H33FO5. The highest BCUT2D eigenvalue weighted by Gasteiger charge is 2.58. The molecular weight excluding hydrogens is 447 g/mol. The molecule has 0 amide bonds. The van der Waals surface area contributed by atoms with Crippen LogP contribution in [0.15, 0.2) is 78.9 Å². The van der Waals surface area contributed by atoms with E-state index in [1.807, 2.05) is 42.5 Å². The summed E-state index contributed by atoms with van der Waals surface area (Å²) in [6, 6.07) is 16.1. The maximum Gasteiger partial charge on any atom is 0.303 e. The minimum Gasteiger partial charge on any atom is -0.491 e. The van der Waals surface area contributed by atoms with E-state index in [4.69, 9.17) is 14.6 Å². The van der Waals surface area contributed by atoms with Crippen LogP contribution in [-0.4, -0.2) is 41.6 Å². The number of fused-ring (bicyclic) bond motifs is 2. The van der Waals surface area contributed by atoms with Gasteiger partial charge in [0.2, 0.25) is 0 Å². The number of ether oxygens (including phenoxy) is 2. The summed E-state index contributed by atoms with van der Waals surface area (Å²) in [6.07, 6.45) is 10.5. The Morgan fingerprint density at radius 1 is 1.17 bits per heavy atom. The molecule has 1 saturated heterocycles. The third kappa shape index (κ3) is 6.19. The van der Waals surface area contributed by atoms with Gasteiger partial charge in [0.15, 0.2) is 0 Å². The zero-order valence-electron chi connectivity index (χ0n) is 19.8. The molecule has 2 aromatic rings. The lowest BCUT2D eigenvalue weighted by molar-refractivity contribution is -0.137. The Morgan fingerprint density at radius 3 is 2.69 bits per heavy atom. The van der Waals surface area contributed by atoms with Crippen LogP contribution in [0.2, 0.25) is 0 Å². The minimum atomic E-state index is -0.779. The Bertz CT molecular complexity index is 1020. The molecule has 5 nitrogen and oxygen atoms in total. The van der Waals surface area contributed by atoms with E-state index in [0.29, 0.717) is 18.8 Å². The number of carbonyl (C=O) groups is 1. The SMILES string of the molecule is O=C(O)CCC/C=C\C[C@@H]1[C@@H](/C=C/[C@H](O)COc2ccccc2)[C@H]2C[C@]1(c1ccc(F)cc1)CO2. The third-order valence-corrected chi connectivity index (χ3v) is 7.18. The number of hydrogen-bond donors (Lipinski definition) is 2. The maximum atomic E-state index is 13.6. The van der Waals surface area contributed by atoms with Crippen molar-refractivity contribution >= 4 is 5.97 Å². The Hall–Kier alpha value is -2.96. The highest BCUT2D eigenvalue weighted by atomic mass is 19.1. The quantitative estimate of drug-likeness (QED) is 0.319. The molecule has 2 N–H and O–H groups in total. The number of benzene rings is 2. The Labute approximate surface area is 205 Å². The van der Waals surface area contributed by atoms with Crippen molar-refractivity contribution in [3.63, 3.8) is 0 Å². The van der Waals surface area contributed by atoms with Gasteiger partial charge in [-0.15, -0.1) is 0 Å². The number of unbranched alkanes of at least 4 members (excludes halogenated alkanes) is 1. The van der Waals surface area contributed by atoms with Gasteiger partial charge in [0.05, 0.1) is 12.7 Å². The molecule has 1 heterocycles. The summed E-state index contributed by atoms with van der Waals surface area (Å²) >= 11 is 0. The highest BCUT2D eigenvalue weighted by molar-refractivity contribution is 5.66. The van der Waals surface area contributed by atoms with Crippen LogP contribution in [0, 0.1) is 17.7 Å². The molecule has 1 aliphatic heterocycles. The van der Waals surface area contributed by atoms with Crippen LogP contribution in [0.4, 0.5) is 4.39 Å². The smallest absolute Gasteiger partial charge is 0.303 e. The average molecular weight is 481 g/mol. The summed E-state index contributed by atoms with van der Waals surface area (Å²) in [4.78, 5) is 10.7. The van der Waals surface area contributed by atoms with Crippen molar-refractivity contribution < 1.29 is 28.9 Å². The molecule has 0 aromatic heterocycles. The number of aliphatic carboxylic acids is 1. The summed E-state index contributed by atoms with van der Waals surface area (Å²) < 4.78 is 25.5. The number of aliphatic hydroxyl groups is 1. The number of halogens is 1. The van der Waals surface area contributed by atoms with Gasteiger partial charge in [-0.25, -0.2) is 4.39 Å². The molecule has 2 bridgehead atoms. The topological polar surface area (TPSA) is 76.0 Å². The Balaban J connectivity index is 1.46. The van der Waals surface area contributed by atoms with Gasteiger partial charge in [-0.2, -0.15) is 0 Å². The number of aliphatic hydroxyl groups excluding tert-OH is 1. The molecule has 0 spiro atoms. The molecule has 0 unspecified atom stereocenters. The van der Waals surface area contributed by atoms with E-state index in [0.717, 1.165) is 24.8 Å². The van der Waals surface area contributed by atoms with Gasteiger partial charge in [-0.3, -0.25) is 4.79 Å². The first kappa shape index (κ1) is 25.1. The predicted octanol–water partition coefficient (Wildman–Crippen LogP) is 5.30. The van der Waals surface area contributed by atoms with Gasteiger partial charge >= 0.3 is 5.97 Å². The summed E-state index contributed by atoms with van der Waals surface area (Å²) in [7, 11) is 0. The molecule has 2 aliphatic rings. The molecule has 2 aromatic carbocycles. The largest absolute Gasteiger partial charge is 0.491 e. The fourth-order valence-electron chi connectivity index (χ4n) is 5.45. The molecule has 0 radical (unpaired) electrons. The Kier molecular flexibility index (Phi) is 8.37. The van der Waals surface area contributed by atoms with Crippen molar-refractivity contribution in [3.05, 3.63) is 90.3 Å². The summed E-state index contributed by atoms with van der Waals surface area (Å²) in [5.41, 5.74) is 0.860. The Morgan fingerprint density at radius 2 is 1.94 bits per heavy atom. The summed E-state index contributed by atoms with van der Waals surface area (Å²) in [5, 5.41) is 19.3. The lowest BCUT2D eigenvalue weighted by Crippen LogP contribution is -2.39. The average Bonchev–Trinajstić information content (AvgIpc) is 3.42. The third-order valence-electron chi connectivity index (χ3n) is 7.18. The van der Waals surface area contributed by atoms with Crippen LogP contribution in [-0.2, 0) is 14.9 Å². The van der Waals surface area contributed by atoms with Crippen LogP contribution in [0.3, 0.4) is 0 Å². The first-order valence-electron chi connectivity index (χ1n) is 12.3. The second-order valence-electron chi connectivity index (χ2n) is 9.47. The number of para-hydroxylation sites is 1. The highest BCUT2D eigenvalue weighted by Crippen LogP contribution is 2.57. The molecule has 5 atom stereocenters. The van der Waals surface area contributed by atoms with E-state index < -0.39 is 12.1 Å². The zero-order valence-corrected chi connectivity index (χ0v) is 19.8. The van der Waals surface area contributed by atoms with E-state index in [9.17, 15) is 14.3 Å². The predicted molar refractivity (Wildman–Crippen MR) is 132 cm³/mol. The molecule has 2 fully saturated rings. The van der Waals surface area contributed by atoms with Crippen molar-refractivity contribution in [2.75, 3.05) is 13.2 Å². The van der Waals surface area contributed by atoms with Gasteiger partial charge in [-0.05, 0) is 61.4 Å². The van der Waals surface area contributed by atoms with Crippen molar-refractivity contribution in [1.82, 2.24) is 0 Å². The van der Waals surface area contributed by atoms with Gasteiger partial charge in [0, 0.05) is 17.8 Å². The normalized spacial score (nSPS) is 26.5. The van der Waals surface area contributed by atoms with Crippen LogP contribution >= 0.6 is 0 Å². The van der Waals surface area contributed by atoms with Crippen LogP contribution in [0.25, 0.3) is 0 Å². The van der Waals surface area contributed by atoms with Gasteiger partial charge < -0.3 is 19.7 Å². The second-order valence-corrected chi connectivity index (χ2v) is 9.47. The lowest BCUT2D eigenvalue weighted by Gasteiger charge is -2.38. The van der Waals surface area contributed by atoms with Crippen molar-refractivity contribution in [2.24, 2.45) is 11.8 Å². The van der Waals surface area contributed by atoms with Crippen molar-refractivity contribution in [2.45, 2.75) is 49.7 Å². The monoisotopic (exact) mass is 480 g/mol. The van der Waals surface area contributed by atoms with E-state index >= 15 is 0 Å². The minimum absolute atomic E-state index is 0.0314. The standard InChI is InChI=1S/C29H33FO5/c30-22-14-12-21(13-15-22)29-18-27(35-20-29)25(26(29)10-6-1-2-7-11-28(32)33)17-16-23(31)19-34-24-8-4-3-5-9-24/h1,3-6,8-9,12-17,23,25-27,31H,2,7,10-11,18-20H2,(H,32,33)/b6-1-,17-16+/t23-,25+,26+,27+,29+/m0/s1. The van der Waals surface area contributed by atoms with Gasteiger partial charge in [0.25, 0.3) is 0 Å². The molecule has 35 heavy (non-hydrogen) atoms. The number of hydrogen-bond acceptors (Lipinski definition) is 4. The first-order chi connectivity index (χ1) is 17.0. The summed E-state index contributed by atoms with van der Waals surface area (Å²) in [5.74, 6) is -0.000421. The van der Waals surface area contributed by atoms with E-state index in [1.54, 1.807) is 6.08 Å². The first-order valence-corrected chi connectivity index (χ1v) is 12.3. The summed E-state index contributed by atoms with van der Waals surface area (Å²) in [6.45, 7) is 0.751. The van der Waals surface area contributed by atoms with Gasteiger partial charge in [0.1, 0.15) is 24.3 Å².